The molecule has 1 aliphatic carbocycles. The Labute approximate surface area is 164 Å². The van der Waals surface area contributed by atoms with Gasteiger partial charge in [0, 0.05) is 37.6 Å². The zero-order chi connectivity index (χ0) is 16.8. The maximum atomic E-state index is 4.34. The molecule has 0 radical (unpaired) electrons. The Balaban J connectivity index is 0.00000288. The highest BCUT2D eigenvalue weighted by Crippen LogP contribution is 2.43. The molecule has 0 amide bonds. The summed E-state index contributed by atoms with van der Waals surface area (Å²) >= 11 is 0. The molecule has 5 heteroatoms. The molecule has 1 saturated carbocycles. The molecule has 0 bridgehead atoms. The van der Waals surface area contributed by atoms with E-state index in [1.165, 1.54) is 24.8 Å². The van der Waals surface area contributed by atoms with E-state index in [0.29, 0.717) is 0 Å². The molecule has 0 saturated heterocycles. The molecule has 0 aromatic heterocycles. The van der Waals surface area contributed by atoms with Gasteiger partial charge in [-0.05, 0) is 39.2 Å². The molecule has 136 valence electrons. The second-order valence-corrected chi connectivity index (χ2v) is 7.53. The van der Waals surface area contributed by atoms with Crippen LogP contribution in [0.3, 0.4) is 0 Å². The molecule has 3 N–H and O–H groups in total. The summed E-state index contributed by atoms with van der Waals surface area (Å²) in [6.45, 7) is 9.29. The highest BCUT2D eigenvalue weighted by atomic mass is 127. The number of hydrogen-bond acceptors (Lipinski definition) is 2. The Kier molecular flexibility index (Phi) is 8.50. The fourth-order valence-electron chi connectivity index (χ4n) is 3.05. The van der Waals surface area contributed by atoms with Crippen LogP contribution in [0.4, 0.5) is 0 Å². The molecule has 0 aliphatic heterocycles. The van der Waals surface area contributed by atoms with E-state index in [4.69, 9.17) is 0 Å². The van der Waals surface area contributed by atoms with E-state index in [-0.39, 0.29) is 34.9 Å². The quantitative estimate of drug-likeness (QED) is 0.273. The minimum atomic E-state index is 0. The summed E-state index contributed by atoms with van der Waals surface area (Å²) in [7, 11) is 1.84. The van der Waals surface area contributed by atoms with E-state index in [2.05, 4.69) is 72.0 Å². The van der Waals surface area contributed by atoms with Gasteiger partial charge in [-0.2, -0.15) is 0 Å². The molecule has 0 spiro atoms. The number of hydrogen-bond donors (Lipinski definition) is 3. The number of nitrogens with zero attached hydrogens (tertiary/aromatic N) is 1. The van der Waals surface area contributed by atoms with Crippen molar-refractivity contribution >= 4 is 29.9 Å². The predicted molar refractivity (Wildman–Crippen MR) is 115 cm³/mol. The van der Waals surface area contributed by atoms with Gasteiger partial charge in [0.25, 0.3) is 0 Å². The topological polar surface area (TPSA) is 48.5 Å². The maximum Gasteiger partial charge on any atom is 0.191 e. The van der Waals surface area contributed by atoms with Crippen LogP contribution in [-0.4, -0.2) is 38.2 Å². The fraction of sp³-hybridized carbons (Fsp3) is 0.632. The first-order chi connectivity index (χ1) is 11.0. The van der Waals surface area contributed by atoms with Crippen LogP contribution in [0.2, 0.25) is 0 Å². The zero-order valence-corrected chi connectivity index (χ0v) is 17.8. The van der Waals surface area contributed by atoms with Crippen molar-refractivity contribution < 1.29 is 0 Å². The van der Waals surface area contributed by atoms with E-state index >= 15 is 0 Å². The Morgan fingerprint density at radius 1 is 1.08 bits per heavy atom. The van der Waals surface area contributed by atoms with Crippen LogP contribution in [0.5, 0.6) is 0 Å². The Morgan fingerprint density at radius 3 is 2.25 bits per heavy atom. The molecule has 0 heterocycles. The van der Waals surface area contributed by atoms with Crippen molar-refractivity contribution in [3.63, 3.8) is 0 Å². The lowest BCUT2D eigenvalue weighted by atomic mass is 9.64. The minimum Gasteiger partial charge on any atom is -0.356 e. The molecular weight excluding hydrogens is 411 g/mol. The number of rotatable bonds is 6. The predicted octanol–water partition coefficient (Wildman–Crippen LogP) is 3.28. The van der Waals surface area contributed by atoms with Gasteiger partial charge in [0.05, 0.1) is 0 Å². The van der Waals surface area contributed by atoms with Gasteiger partial charge in [0.1, 0.15) is 0 Å². The van der Waals surface area contributed by atoms with Crippen LogP contribution in [0.1, 0.15) is 45.6 Å². The van der Waals surface area contributed by atoms with Crippen LogP contribution in [0.25, 0.3) is 0 Å². The van der Waals surface area contributed by atoms with Crippen molar-refractivity contribution in [1.29, 1.82) is 0 Å². The van der Waals surface area contributed by atoms with Crippen molar-refractivity contribution in [3.05, 3.63) is 35.9 Å². The van der Waals surface area contributed by atoms with Crippen LogP contribution in [-0.2, 0) is 5.41 Å². The number of halogens is 1. The molecule has 1 aromatic carbocycles. The van der Waals surface area contributed by atoms with Gasteiger partial charge in [-0.3, -0.25) is 4.99 Å². The Hall–Kier alpha value is -0.820. The molecule has 1 aliphatic rings. The summed E-state index contributed by atoms with van der Waals surface area (Å²) in [5.74, 6) is 0.892. The molecular formula is C19H33IN4. The monoisotopic (exact) mass is 444 g/mol. The first kappa shape index (κ1) is 21.2. The Bertz CT molecular complexity index is 504. The van der Waals surface area contributed by atoms with Crippen LogP contribution >= 0.6 is 24.0 Å². The summed E-state index contributed by atoms with van der Waals surface area (Å²) in [6, 6.07) is 10.9. The summed E-state index contributed by atoms with van der Waals surface area (Å²) in [5.41, 5.74) is 1.88. The first-order valence-corrected chi connectivity index (χ1v) is 8.70. The van der Waals surface area contributed by atoms with E-state index in [9.17, 15) is 0 Å². The average molecular weight is 444 g/mol. The lowest BCUT2D eigenvalue weighted by Crippen LogP contribution is -2.50. The standard InChI is InChI=1S/C19H32N4.HI/c1-18(2,3)23-14-13-21-17(20-4)22-15-19(11-8-12-19)16-9-6-5-7-10-16;/h5-7,9-10,23H,8,11-15H2,1-4H3,(H2,20,21,22);1H. The molecule has 1 aromatic rings. The van der Waals surface area contributed by atoms with E-state index in [1.807, 2.05) is 7.05 Å². The minimum absolute atomic E-state index is 0. The third-order valence-corrected chi connectivity index (χ3v) is 4.59. The summed E-state index contributed by atoms with van der Waals surface area (Å²) in [5, 5.41) is 10.4. The third-order valence-electron chi connectivity index (χ3n) is 4.59. The molecule has 1 fully saturated rings. The normalized spacial score (nSPS) is 16.8. The summed E-state index contributed by atoms with van der Waals surface area (Å²) < 4.78 is 0. The smallest absolute Gasteiger partial charge is 0.191 e. The van der Waals surface area contributed by atoms with Crippen molar-refractivity contribution in [2.45, 2.75) is 51.0 Å². The summed E-state index contributed by atoms with van der Waals surface area (Å²) in [4.78, 5) is 4.34. The van der Waals surface area contributed by atoms with Crippen molar-refractivity contribution in [2.24, 2.45) is 4.99 Å². The number of aliphatic imine (C=N–C) groups is 1. The Morgan fingerprint density at radius 2 is 1.75 bits per heavy atom. The third kappa shape index (κ3) is 6.24. The summed E-state index contributed by atoms with van der Waals surface area (Å²) in [6.07, 6.45) is 3.83. The van der Waals surface area contributed by atoms with Crippen LogP contribution < -0.4 is 16.0 Å². The molecule has 0 atom stereocenters. The average Bonchev–Trinajstić information content (AvgIpc) is 2.48. The van der Waals surface area contributed by atoms with Crippen molar-refractivity contribution in [2.75, 3.05) is 26.7 Å². The van der Waals surface area contributed by atoms with Gasteiger partial charge in [0.2, 0.25) is 0 Å². The van der Waals surface area contributed by atoms with Crippen LogP contribution in [0, 0.1) is 0 Å². The van der Waals surface area contributed by atoms with Gasteiger partial charge in [-0.15, -0.1) is 24.0 Å². The van der Waals surface area contributed by atoms with Gasteiger partial charge in [-0.1, -0.05) is 36.8 Å². The van der Waals surface area contributed by atoms with Gasteiger partial charge in [-0.25, -0.2) is 0 Å². The SMILES string of the molecule is CN=C(NCCNC(C)(C)C)NCC1(c2ccccc2)CCC1.I. The lowest BCUT2D eigenvalue weighted by Gasteiger charge is -2.43. The number of benzene rings is 1. The second kappa shape index (κ2) is 9.61. The second-order valence-electron chi connectivity index (χ2n) is 7.53. The van der Waals surface area contributed by atoms with Crippen molar-refractivity contribution in [3.8, 4) is 0 Å². The fourth-order valence-corrected chi connectivity index (χ4v) is 3.05. The highest BCUT2D eigenvalue weighted by Gasteiger charge is 2.38. The largest absolute Gasteiger partial charge is 0.356 e. The van der Waals surface area contributed by atoms with Crippen molar-refractivity contribution in [1.82, 2.24) is 16.0 Å². The van der Waals surface area contributed by atoms with E-state index < -0.39 is 0 Å². The lowest BCUT2D eigenvalue weighted by molar-refractivity contribution is 0.244. The number of guanidine groups is 1. The number of nitrogens with one attached hydrogen (secondary N) is 3. The van der Waals surface area contributed by atoms with E-state index in [1.54, 1.807) is 0 Å². The van der Waals surface area contributed by atoms with Gasteiger partial charge in [0.15, 0.2) is 5.96 Å². The molecule has 0 unspecified atom stereocenters. The highest BCUT2D eigenvalue weighted by molar-refractivity contribution is 14.0. The molecule has 24 heavy (non-hydrogen) atoms. The van der Waals surface area contributed by atoms with Gasteiger partial charge < -0.3 is 16.0 Å². The van der Waals surface area contributed by atoms with E-state index in [0.717, 1.165) is 25.6 Å². The van der Waals surface area contributed by atoms with Crippen LogP contribution in [0.15, 0.2) is 35.3 Å². The zero-order valence-electron chi connectivity index (χ0n) is 15.5. The molecule has 4 nitrogen and oxygen atoms in total. The first-order valence-electron chi connectivity index (χ1n) is 8.70. The van der Waals surface area contributed by atoms with Gasteiger partial charge >= 0.3 is 0 Å². The molecule has 2 rings (SSSR count). The maximum absolute atomic E-state index is 4.34.